The van der Waals surface area contributed by atoms with Gasteiger partial charge >= 0.3 is 12.0 Å². The van der Waals surface area contributed by atoms with E-state index >= 15 is 0 Å². The summed E-state index contributed by atoms with van der Waals surface area (Å²) < 4.78 is 5.02. The van der Waals surface area contributed by atoms with E-state index in [0.717, 1.165) is 0 Å². The summed E-state index contributed by atoms with van der Waals surface area (Å²) in [6.07, 6.45) is 1.33. The highest BCUT2D eigenvalue weighted by Gasteiger charge is 2.18. The number of aromatic carboxylic acids is 1. The molecule has 2 aromatic heterocycles. The van der Waals surface area contributed by atoms with Crippen molar-refractivity contribution in [3.8, 4) is 6.01 Å². The number of pyridine rings is 1. The Morgan fingerprint density at radius 2 is 2.30 bits per heavy atom. The van der Waals surface area contributed by atoms with Gasteiger partial charge in [0.2, 0.25) is 5.95 Å². The number of aromatic amines is 1. The van der Waals surface area contributed by atoms with Gasteiger partial charge in [-0.15, -0.1) is 5.10 Å². The summed E-state index contributed by atoms with van der Waals surface area (Å²) in [7, 11) is 0. The zero-order valence-corrected chi connectivity index (χ0v) is 10.5. The van der Waals surface area contributed by atoms with Crippen LogP contribution in [0.1, 0.15) is 27.8 Å². The number of hydrogen-bond donors (Lipinski definition) is 3. The third-order valence-corrected chi connectivity index (χ3v) is 2.22. The van der Waals surface area contributed by atoms with Crippen molar-refractivity contribution in [2.24, 2.45) is 0 Å². The molecule has 0 radical (unpaired) electrons. The molecular weight excluding hydrogens is 266 g/mol. The van der Waals surface area contributed by atoms with E-state index in [4.69, 9.17) is 9.84 Å². The lowest BCUT2D eigenvalue weighted by atomic mass is 10.2. The first-order valence-corrected chi connectivity index (χ1v) is 5.66. The van der Waals surface area contributed by atoms with Crippen molar-refractivity contribution in [1.29, 1.82) is 0 Å². The van der Waals surface area contributed by atoms with Crippen molar-refractivity contribution < 1.29 is 19.4 Å². The molecule has 0 saturated heterocycles. The first-order valence-electron chi connectivity index (χ1n) is 5.66. The molecule has 20 heavy (non-hydrogen) atoms. The molecule has 0 saturated carbocycles. The van der Waals surface area contributed by atoms with Gasteiger partial charge in [-0.05, 0) is 19.1 Å². The van der Waals surface area contributed by atoms with E-state index in [1.807, 2.05) is 0 Å². The summed E-state index contributed by atoms with van der Waals surface area (Å²) in [5.74, 6) is -1.90. The fourth-order valence-electron chi connectivity index (χ4n) is 1.42. The van der Waals surface area contributed by atoms with E-state index < -0.39 is 11.9 Å². The number of nitrogens with zero attached hydrogens (tertiary/aromatic N) is 3. The van der Waals surface area contributed by atoms with Crippen LogP contribution in [0.2, 0.25) is 0 Å². The quantitative estimate of drug-likeness (QED) is 0.727. The number of rotatable bonds is 5. The van der Waals surface area contributed by atoms with Crippen molar-refractivity contribution in [3.63, 3.8) is 0 Å². The maximum Gasteiger partial charge on any atom is 0.338 e. The summed E-state index contributed by atoms with van der Waals surface area (Å²) in [4.78, 5) is 30.5. The lowest BCUT2D eigenvalue weighted by Crippen LogP contribution is -2.18. The predicted molar refractivity (Wildman–Crippen MR) is 66.7 cm³/mol. The molecular formula is C11H11N5O4. The highest BCUT2D eigenvalue weighted by molar-refractivity contribution is 6.08. The molecule has 2 aromatic rings. The normalized spacial score (nSPS) is 10.1. The number of carboxylic acids is 1. The van der Waals surface area contributed by atoms with E-state index in [1.54, 1.807) is 6.92 Å². The summed E-state index contributed by atoms with van der Waals surface area (Å²) in [6, 6.07) is 2.81. The number of amides is 1. The maximum atomic E-state index is 11.9. The number of aromatic nitrogens is 4. The first-order chi connectivity index (χ1) is 9.61. The molecule has 0 spiro atoms. The predicted octanol–water partition coefficient (Wildman–Crippen LogP) is 0.549. The van der Waals surface area contributed by atoms with Gasteiger partial charge in [-0.2, -0.15) is 4.98 Å². The van der Waals surface area contributed by atoms with Crippen LogP contribution < -0.4 is 10.1 Å². The van der Waals surface area contributed by atoms with Crippen LogP contribution in [0.4, 0.5) is 5.95 Å². The molecule has 104 valence electrons. The molecule has 0 atom stereocenters. The van der Waals surface area contributed by atoms with E-state index in [2.05, 4.69) is 25.5 Å². The van der Waals surface area contributed by atoms with Gasteiger partial charge in [0.25, 0.3) is 5.91 Å². The maximum absolute atomic E-state index is 11.9. The number of hydrogen-bond acceptors (Lipinski definition) is 6. The minimum absolute atomic E-state index is 0.0421. The minimum Gasteiger partial charge on any atom is -0.478 e. The van der Waals surface area contributed by atoms with Gasteiger partial charge in [-0.25, -0.2) is 9.89 Å². The Morgan fingerprint density at radius 3 is 3.00 bits per heavy atom. The summed E-state index contributed by atoms with van der Waals surface area (Å²) in [6.45, 7) is 2.15. The SMILES string of the molecule is CCOc1n[nH]c(NC(=O)c2ncccc2C(=O)O)n1. The van der Waals surface area contributed by atoms with Gasteiger partial charge in [0, 0.05) is 6.20 Å². The lowest BCUT2D eigenvalue weighted by molar-refractivity contribution is 0.0691. The molecule has 0 aliphatic rings. The second-order valence-corrected chi connectivity index (χ2v) is 3.56. The van der Waals surface area contributed by atoms with Crippen LogP contribution in [0.3, 0.4) is 0 Å². The molecule has 0 fully saturated rings. The van der Waals surface area contributed by atoms with E-state index in [0.29, 0.717) is 6.61 Å². The van der Waals surface area contributed by atoms with Crippen LogP contribution in [0.15, 0.2) is 18.3 Å². The number of nitrogens with one attached hydrogen (secondary N) is 2. The van der Waals surface area contributed by atoms with Crippen molar-refractivity contribution in [2.45, 2.75) is 6.92 Å². The second-order valence-electron chi connectivity index (χ2n) is 3.56. The molecule has 1 amide bonds. The third-order valence-electron chi connectivity index (χ3n) is 2.22. The number of carbonyl (C=O) groups excluding carboxylic acids is 1. The number of carboxylic acid groups (broad SMARTS) is 1. The highest BCUT2D eigenvalue weighted by Crippen LogP contribution is 2.10. The van der Waals surface area contributed by atoms with Gasteiger partial charge in [-0.1, -0.05) is 0 Å². The zero-order chi connectivity index (χ0) is 14.5. The summed E-state index contributed by atoms with van der Waals surface area (Å²) in [5, 5.41) is 17.5. The molecule has 0 unspecified atom stereocenters. The Bertz CT molecular complexity index is 639. The Labute approximate surface area is 113 Å². The van der Waals surface area contributed by atoms with E-state index in [-0.39, 0.29) is 23.2 Å². The third kappa shape index (κ3) is 2.88. The zero-order valence-electron chi connectivity index (χ0n) is 10.5. The molecule has 3 N–H and O–H groups in total. The Kier molecular flexibility index (Phi) is 3.89. The van der Waals surface area contributed by atoms with Gasteiger partial charge in [-0.3, -0.25) is 15.1 Å². The standard InChI is InChI=1S/C11H11N5O4/c1-2-20-11-14-10(15-16-11)13-8(17)7-6(9(18)19)4-3-5-12-7/h3-5H,2H2,1H3,(H,18,19)(H2,13,14,15,16,17). The van der Waals surface area contributed by atoms with Gasteiger partial charge in [0.1, 0.15) is 5.69 Å². The van der Waals surface area contributed by atoms with Crippen molar-refractivity contribution in [2.75, 3.05) is 11.9 Å². The Morgan fingerprint density at radius 1 is 1.50 bits per heavy atom. The van der Waals surface area contributed by atoms with Crippen LogP contribution in [0, 0.1) is 0 Å². The van der Waals surface area contributed by atoms with Crippen LogP contribution in [-0.4, -0.2) is 43.8 Å². The smallest absolute Gasteiger partial charge is 0.338 e. The fraction of sp³-hybridized carbons (Fsp3) is 0.182. The summed E-state index contributed by atoms with van der Waals surface area (Å²) in [5.41, 5.74) is -0.413. The second kappa shape index (κ2) is 5.78. The largest absolute Gasteiger partial charge is 0.478 e. The topological polar surface area (TPSA) is 130 Å². The number of anilines is 1. The lowest BCUT2D eigenvalue weighted by Gasteiger charge is -2.03. The van der Waals surface area contributed by atoms with E-state index in [1.165, 1.54) is 18.3 Å². The van der Waals surface area contributed by atoms with Crippen LogP contribution in [-0.2, 0) is 0 Å². The molecule has 0 aliphatic heterocycles. The monoisotopic (exact) mass is 277 g/mol. The van der Waals surface area contributed by atoms with Crippen LogP contribution in [0.25, 0.3) is 0 Å². The van der Waals surface area contributed by atoms with Crippen molar-refractivity contribution in [3.05, 3.63) is 29.6 Å². The average Bonchev–Trinajstić information content (AvgIpc) is 2.86. The van der Waals surface area contributed by atoms with Crippen LogP contribution >= 0.6 is 0 Å². The van der Waals surface area contributed by atoms with E-state index in [9.17, 15) is 9.59 Å². The van der Waals surface area contributed by atoms with Gasteiger partial charge in [0.05, 0.1) is 12.2 Å². The molecule has 0 aliphatic carbocycles. The molecule has 2 rings (SSSR count). The Balaban J connectivity index is 2.17. The molecule has 2 heterocycles. The molecule has 0 bridgehead atoms. The Hall–Kier alpha value is -2.97. The molecule has 0 aromatic carbocycles. The number of carbonyl (C=O) groups is 2. The highest BCUT2D eigenvalue weighted by atomic mass is 16.5. The molecule has 9 heteroatoms. The number of H-pyrrole nitrogens is 1. The average molecular weight is 277 g/mol. The minimum atomic E-state index is -1.24. The van der Waals surface area contributed by atoms with Gasteiger partial charge < -0.3 is 9.84 Å². The number of ether oxygens (including phenoxy) is 1. The van der Waals surface area contributed by atoms with Crippen LogP contribution in [0.5, 0.6) is 6.01 Å². The fourth-order valence-corrected chi connectivity index (χ4v) is 1.42. The molecule has 9 nitrogen and oxygen atoms in total. The van der Waals surface area contributed by atoms with Crippen molar-refractivity contribution in [1.82, 2.24) is 20.2 Å². The summed E-state index contributed by atoms with van der Waals surface area (Å²) >= 11 is 0. The first kappa shape index (κ1) is 13.5. The van der Waals surface area contributed by atoms with Gasteiger partial charge in [0.15, 0.2) is 0 Å². The van der Waals surface area contributed by atoms with Crippen molar-refractivity contribution >= 4 is 17.8 Å².